The normalized spacial score (nSPS) is 11.5. The number of halogens is 3. The second-order valence-corrected chi connectivity index (χ2v) is 4.87. The Balaban J connectivity index is 1.87. The van der Waals surface area contributed by atoms with Gasteiger partial charge in [0.25, 0.3) is 0 Å². The fourth-order valence-electron chi connectivity index (χ4n) is 1.78. The molecule has 0 saturated carbocycles. The molecule has 0 amide bonds. The molecule has 0 radical (unpaired) electrons. The van der Waals surface area contributed by atoms with Crippen LogP contribution in [0.1, 0.15) is 16.7 Å². The molecule has 2 aromatic rings. The summed E-state index contributed by atoms with van der Waals surface area (Å²) in [6, 6.07) is 7.16. The van der Waals surface area contributed by atoms with Crippen LogP contribution in [0, 0.1) is 6.92 Å². The second-order valence-electron chi connectivity index (χ2n) is 4.87. The highest BCUT2D eigenvalue weighted by Crippen LogP contribution is 2.16. The average Bonchev–Trinajstić information content (AvgIpc) is 2.46. The van der Waals surface area contributed by atoms with E-state index in [4.69, 9.17) is 0 Å². The topological polar surface area (TPSA) is 47.0 Å². The molecule has 1 aromatic heterocycles. The second kappa shape index (κ2) is 7.22. The van der Waals surface area contributed by atoms with Crippen molar-refractivity contribution in [2.45, 2.75) is 26.3 Å². The number of ether oxygens (including phenoxy) is 1. The van der Waals surface area contributed by atoms with Crippen LogP contribution in [0.4, 0.5) is 19.1 Å². The van der Waals surface area contributed by atoms with Gasteiger partial charge in [-0.3, -0.25) is 0 Å². The summed E-state index contributed by atoms with van der Waals surface area (Å²) < 4.78 is 40.7. The van der Waals surface area contributed by atoms with Gasteiger partial charge in [-0.2, -0.15) is 13.2 Å². The Morgan fingerprint density at radius 1 is 1.14 bits per heavy atom. The highest BCUT2D eigenvalue weighted by molar-refractivity contribution is 5.29. The Kier molecular flexibility index (Phi) is 5.32. The molecule has 0 atom stereocenters. The van der Waals surface area contributed by atoms with Gasteiger partial charge in [0.05, 0.1) is 6.61 Å². The van der Waals surface area contributed by atoms with Gasteiger partial charge >= 0.3 is 6.18 Å². The van der Waals surface area contributed by atoms with Crippen molar-refractivity contribution in [2.24, 2.45) is 0 Å². The van der Waals surface area contributed by atoms with Gasteiger partial charge in [-0.15, -0.1) is 0 Å². The Morgan fingerprint density at radius 3 is 2.50 bits per heavy atom. The molecule has 0 saturated heterocycles. The van der Waals surface area contributed by atoms with Crippen molar-refractivity contribution in [1.29, 1.82) is 0 Å². The van der Waals surface area contributed by atoms with E-state index in [9.17, 15) is 13.2 Å². The van der Waals surface area contributed by atoms with E-state index in [-0.39, 0.29) is 6.61 Å². The first kappa shape index (κ1) is 16.2. The fraction of sp³-hybridized carbons (Fsp3) is 0.333. The lowest BCUT2D eigenvalue weighted by molar-refractivity contribution is -0.176. The van der Waals surface area contributed by atoms with Crippen LogP contribution >= 0.6 is 0 Å². The van der Waals surface area contributed by atoms with E-state index in [1.165, 1.54) is 0 Å². The first-order valence-electron chi connectivity index (χ1n) is 6.67. The van der Waals surface area contributed by atoms with Gasteiger partial charge in [0.15, 0.2) is 0 Å². The summed E-state index contributed by atoms with van der Waals surface area (Å²) in [5, 5.41) is 3.05. The number of aromatic nitrogens is 2. The number of anilines is 1. The van der Waals surface area contributed by atoms with Crippen molar-refractivity contribution in [2.75, 3.05) is 11.9 Å². The monoisotopic (exact) mass is 311 g/mol. The van der Waals surface area contributed by atoms with Crippen molar-refractivity contribution in [1.82, 2.24) is 9.97 Å². The van der Waals surface area contributed by atoms with Crippen LogP contribution in [0.3, 0.4) is 0 Å². The van der Waals surface area contributed by atoms with E-state index in [1.54, 1.807) is 30.6 Å². The number of benzene rings is 1. The van der Waals surface area contributed by atoms with Gasteiger partial charge in [-0.25, -0.2) is 9.97 Å². The van der Waals surface area contributed by atoms with Crippen LogP contribution in [-0.2, 0) is 17.9 Å². The molecule has 0 aliphatic rings. The zero-order valence-electron chi connectivity index (χ0n) is 12.0. The lowest BCUT2D eigenvalue weighted by Gasteiger charge is -2.09. The Morgan fingerprint density at radius 2 is 1.82 bits per heavy atom. The van der Waals surface area contributed by atoms with Crippen molar-refractivity contribution in [3.8, 4) is 0 Å². The summed E-state index contributed by atoms with van der Waals surface area (Å²) in [5.41, 5.74) is 2.57. The van der Waals surface area contributed by atoms with Gasteiger partial charge in [-0.1, -0.05) is 24.3 Å². The van der Waals surface area contributed by atoms with Crippen LogP contribution < -0.4 is 5.32 Å². The molecule has 1 aromatic carbocycles. The highest BCUT2D eigenvalue weighted by atomic mass is 19.4. The van der Waals surface area contributed by atoms with Crippen molar-refractivity contribution < 1.29 is 17.9 Å². The lowest BCUT2D eigenvalue weighted by Crippen LogP contribution is -2.16. The van der Waals surface area contributed by atoms with Crippen molar-refractivity contribution in [3.05, 3.63) is 53.3 Å². The molecule has 0 fully saturated rings. The molecule has 1 N–H and O–H groups in total. The maximum atomic E-state index is 12.0. The van der Waals surface area contributed by atoms with Gasteiger partial charge in [0.2, 0.25) is 5.95 Å². The zero-order valence-corrected chi connectivity index (χ0v) is 12.0. The molecule has 0 bridgehead atoms. The number of nitrogens with zero attached hydrogens (tertiary/aromatic N) is 2. The summed E-state index contributed by atoms with van der Waals surface area (Å²) in [5.74, 6) is 0.504. The van der Waals surface area contributed by atoms with Crippen molar-refractivity contribution in [3.63, 3.8) is 0 Å². The third kappa shape index (κ3) is 5.69. The maximum Gasteiger partial charge on any atom is 0.411 e. The number of aryl methyl sites for hydroxylation is 1. The van der Waals surface area contributed by atoms with Crippen LogP contribution in [0.15, 0.2) is 36.7 Å². The minimum Gasteiger partial charge on any atom is -0.367 e. The Hall–Kier alpha value is -2.15. The minimum atomic E-state index is -4.30. The molecule has 1 heterocycles. The van der Waals surface area contributed by atoms with Crippen LogP contribution in [0.25, 0.3) is 0 Å². The molecule has 7 heteroatoms. The molecule has 0 spiro atoms. The van der Waals surface area contributed by atoms with E-state index in [0.29, 0.717) is 18.1 Å². The Labute approximate surface area is 126 Å². The summed E-state index contributed by atoms with van der Waals surface area (Å²) in [6.07, 6.45) is -0.893. The standard InChI is InChI=1S/C15H16F3N3O/c1-11-6-19-14(20-7-11)21-8-12-3-2-4-13(5-12)9-22-10-15(16,17)18/h2-7H,8-10H2,1H3,(H,19,20,21). The first-order valence-corrected chi connectivity index (χ1v) is 6.67. The molecule has 0 unspecified atom stereocenters. The van der Waals surface area contributed by atoms with E-state index in [1.807, 2.05) is 13.0 Å². The quantitative estimate of drug-likeness (QED) is 0.887. The van der Waals surface area contributed by atoms with E-state index in [0.717, 1.165) is 11.1 Å². The fourth-order valence-corrected chi connectivity index (χ4v) is 1.78. The third-order valence-corrected chi connectivity index (χ3v) is 2.76. The predicted octanol–water partition coefficient (Wildman–Crippen LogP) is 3.48. The first-order chi connectivity index (χ1) is 10.4. The van der Waals surface area contributed by atoms with Crippen LogP contribution in [-0.4, -0.2) is 22.8 Å². The Bertz CT molecular complexity index is 600. The molecule has 118 valence electrons. The van der Waals surface area contributed by atoms with E-state index in [2.05, 4.69) is 20.0 Å². The molecule has 2 rings (SSSR count). The maximum absolute atomic E-state index is 12.0. The summed E-state index contributed by atoms with van der Waals surface area (Å²) >= 11 is 0. The smallest absolute Gasteiger partial charge is 0.367 e. The number of alkyl halides is 3. The van der Waals surface area contributed by atoms with Gasteiger partial charge in [0.1, 0.15) is 6.61 Å². The molecule has 0 aliphatic heterocycles. The number of nitrogens with one attached hydrogen (secondary N) is 1. The third-order valence-electron chi connectivity index (χ3n) is 2.76. The van der Waals surface area contributed by atoms with Crippen molar-refractivity contribution >= 4 is 5.95 Å². The minimum absolute atomic E-state index is 0.0750. The van der Waals surface area contributed by atoms with Crippen LogP contribution in [0.5, 0.6) is 0 Å². The molecule has 4 nitrogen and oxygen atoms in total. The molecule has 0 aliphatic carbocycles. The zero-order chi connectivity index (χ0) is 16.0. The molecule has 22 heavy (non-hydrogen) atoms. The number of rotatable bonds is 6. The van der Waals surface area contributed by atoms with Gasteiger partial charge in [0, 0.05) is 18.9 Å². The summed E-state index contributed by atoms with van der Waals surface area (Å²) in [4.78, 5) is 8.24. The highest BCUT2D eigenvalue weighted by Gasteiger charge is 2.27. The van der Waals surface area contributed by atoms with E-state index >= 15 is 0 Å². The molecular weight excluding hydrogens is 295 g/mol. The predicted molar refractivity (Wildman–Crippen MR) is 76.2 cm³/mol. The largest absolute Gasteiger partial charge is 0.411 e. The lowest BCUT2D eigenvalue weighted by atomic mass is 10.1. The average molecular weight is 311 g/mol. The molecular formula is C15H16F3N3O. The van der Waals surface area contributed by atoms with Crippen LogP contribution in [0.2, 0.25) is 0 Å². The van der Waals surface area contributed by atoms with E-state index < -0.39 is 12.8 Å². The van der Waals surface area contributed by atoms with Gasteiger partial charge < -0.3 is 10.1 Å². The van der Waals surface area contributed by atoms with Gasteiger partial charge in [-0.05, 0) is 23.6 Å². The summed E-state index contributed by atoms with van der Waals surface area (Å²) in [7, 11) is 0. The summed E-state index contributed by atoms with van der Waals surface area (Å²) in [6.45, 7) is 1.06. The SMILES string of the molecule is Cc1cnc(NCc2cccc(COCC(F)(F)F)c2)nc1. The number of hydrogen-bond acceptors (Lipinski definition) is 4. The number of hydrogen-bond donors (Lipinski definition) is 1.